The van der Waals surface area contributed by atoms with Gasteiger partial charge in [-0.05, 0) is 42.7 Å². The quantitative estimate of drug-likeness (QED) is 0.679. The molecule has 2 aromatic carbocycles. The predicted octanol–water partition coefficient (Wildman–Crippen LogP) is 4.35. The third kappa shape index (κ3) is 5.86. The number of hydrogen-bond acceptors (Lipinski definition) is 3. The molecular weight excluding hydrogens is 407 g/mol. The molecule has 8 heteroatoms. The van der Waals surface area contributed by atoms with Crippen LogP contribution in [0.3, 0.4) is 0 Å². The van der Waals surface area contributed by atoms with Gasteiger partial charge in [-0.25, -0.2) is 8.42 Å². The van der Waals surface area contributed by atoms with Crippen molar-refractivity contribution in [3.63, 3.8) is 0 Å². The Balaban J connectivity index is 2.36. The summed E-state index contributed by atoms with van der Waals surface area (Å²) in [7, 11) is -3.98. The minimum absolute atomic E-state index is 0.0750. The van der Waals surface area contributed by atoms with Gasteiger partial charge in [-0.1, -0.05) is 55.2 Å². The topological polar surface area (TPSA) is 66.5 Å². The summed E-state index contributed by atoms with van der Waals surface area (Å²) in [6.07, 6.45) is 0.804. The average Bonchev–Trinajstić information content (AvgIpc) is 2.60. The summed E-state index contributed by atoms with van der Waals surface area (Å²) in [6.45, 7) is 4.19. The molecular formula is C19H22Cl2N2O3S. The van der Waals surface area contributed by atoms with Gasteiger partial charge in [-0.3, -0.25) is 9.10 Å². The van der Waals surface area contributed by atoms with Crippen molar-refractivity contribution in [2.45, 2.75) is 25.2 Å². The van der Waals surface area contributed by atoms with E-state index in [2.05, 4.69) is 5.32 Å². The number of sulfonamides is 1. The number of hydrogen-bond donors (Lipinski definition) is 1. The van der Waals surface area contributed by atoms with Crippen LogP contribution in [0.5, 0.6) is 0 Å². The Hall–Kier alpha value is -1.76. The van der Waals surface area contributed by atoms with Crippen molar-refractivity contribution in [2.75, 3.05) is 17.4 Å². The van der Waals surface area contributed by atoms with E-state index < -0.39 is 15.9 Å². The predicted molar refractivity (Wildman–Crippen MR) is 110 cm³/mol. The maximum Gasteiger partial charge on any atom is 0.264 e. The van der Waals surface area contributed by atoms with Crippen LogP contribution in [0.4, 0.5) is 5.69 Å². The van der Waals surface area contributed by atoms with Crippen molar-refractivity contribution in [3.05, 3.63) is 58.6 Å². The maximum atomic E-state index is 13.1. The highest BCUT2D eigenvalue weighted by Gasteiger charge is 2.28. The van der Waals surface area contributed by atoms with Gasteiger partial charge in [-0.2, -0.15) is 0 Å². The van der Waals surface area contributed by atoms with Crippen LogP contribution < -0.4 is 9.62 Å². The third-order valence-corrected chi connectivity index (χ3v) is 6.15. The standard InChI is InChI=1S/C19H22Cl2N2O3S/c1-14(2)10-11-22-19(24)13-23(18-9-8-15(20)12-17(18)21)27(25,26)16-6-4-3-5-7-16/h3-9,12,14H,10-11,13H2,1-2H3,(H,22,24). The number of carbonyl (C=O) groups is 1. The Bertz CT molecular complexity index is 887. The fraction of sp³-hybridized carbons (Fsp3) is 0.316. The number of halogens is 2. The molecule has 2 rings (SSSR count). The van der Waals surface area contributed by atoms with Gasteiger partial charge in [0.25, 0.3) is 10.0 Å². The Morgan fingerprint density at radius 1 is 1.11 bits per heavy atom. The van der Waals surface area contributed by atoms with Crippen LogP contribution in [0.25, 0.3) is 0 Å². The van der Waals surface area contributed by atoms with Gasteiger partial charge in [-0.15, -0.1) is 0 Å². The fourth-order valence-electron chi connectivity index (χ4n) is 2.39. The minimum Gasteiger partial charge on any atom is -0.355 e. The van der Waals surface area contributed by atoms with E-state index in [1.807, 2.05) is 13.8 Å². The van der Waals surface area contributed by atoms with E-state index in [4.69, 9.17) is 23.2 Å². The van der Waals surface area contributed by atoms with E-state index in [9.17, 15) is 13.2 Å². The van der Waals surface area contributed by atoms with Crippen LogP contribution >= 0.6 is 23.2 Å². The number of anilines is 1. The Morgan fingerprint density at radius 2 is 1.78 bits per heavy atom. The van der Waals surface area contributed by atoms with Gasteiger partial charge >= 0.3 is 0 Å². The molecule has 5 nitrogen and oxygen atoms in total. The molecule has 0 atom stereocenters. The van der Waals surface area contributed by atoms with Gasteiger partial charge in [0.15, 0.2) is 0 Å². The monoisotopic (exact) mass is 428 g/mol. The maximum absolute atomic E-state index is 13.1. The van der Waals surface area contributed by atoms with E-state index in [-0.39, 0.29) is 22.2 Å². The first-order valence-electron chi connectivity index (χ1n) is 8.51. The Labute approximate surface area is 170 Å². The molecule has 0 aliphatic carbocycles. The lowest BCUT2D eigenvalue weighted by Crippen LogP contribution is -2.41. The van der Waals surface area contributed by atoms with Crippen LogP contribution in [0, 0.1) is 5.92 Å². The summed E-state index contributed by atoms with van der Waals surface area (Å²) >= 11 is 12.1. The smallest absolute Gasteiger partial charge is 0.264 e. The first kappa shape index (κ1) is 21.5. The normalized spacial score (nSPS) is 11.4. The lowest BCUT2D eigenvalue weighted by Gasteiger charge is -2.25. The lowest BCUT2D eigenvalue weighted by atomic mass is 10.1. The molecule has 1 amide bonds. The minimum atomic E-state index is -3.98. The first-order chi connectivity index (χ1) is 12.7. The number of amides is 1. The van der Waals surface area contributed by atoms with Crippen LogP contribution in [0.2, 0.25) is 10.0 Å². The number of carbonyl (C=O) groups excluding carboxylic acids is 1. The summed E-state index contributed by atoms with van der Waals surface area (Å²) in [5.41, 5.74) is 0.198. The van der Waals surface area contributed by atoms with Crippen molar-refractivity contribution >= 4 is 44.8 Å². The molecule has 27 heavy (non-hydrogen) atoms. The number of nitrogens with zero attached hydrogens (tertiary/aromatic N) is 1. The summed E-state index contributed by atoms with van der Waals surface area (Å²) in [6, 6.07) is 12.4. The number of benzene rings is 2. The summed E-state index contributed by atoms with van der Waals surface area (Å²) in [5, 5.41) is 3.28. The molecule has 0 saturated heterocycles. The van der Waals surface area contributed by atoms with E-state index in [0.717, 1.165) is 10.7 Å². The van der Waals surface area contributed by atoms with E-state index >= 15 is 0 Å². The van der Waals surface area contributed by atoms with Gasteiger partial charge in [0, 0.05) is 11.6 Å². The molecule has 146 valence electrons. The van der Waals surface area contributed by atoms with Gasteiger partial charge < -0.3 is 5.32 Å². The Morgan fingerprint density at radius 3 is 2.37 bits per heavy atom. The Kier molecular flexibility index (Phi) is 7.53. The molecule has 0 spiro atoms. The molecule has 0 bridgehead atoms. The van der Waals surface area contributed by atoms with E-state index in [0.29, 0.717) is 17.5 Å². The molecule has 0 aliphatic rings. The molecule has 0 aromatic heterocycles. The van der Waals surface area contributed by atoms with E-state index in [1.165, 1.54) is 30.3 Å². The highest BCUT2D eigenvalue weighted by molar-refractivity contribution is 7.92. The second kappa shape index (κ2) is 9.44. The second-order valence-corrected chi connectivity index (χ2v) is 9.16. The summed E-state index contributed by atoms with van der Waals surface area (Å²) in [4.78, 5) is 12.5. The van der Waals surface area contributed by atoms with Crippen molar-refractivity contribution in [1.29, 1.82) is 0 Å². The summed E-state index contributed by atoms with van der Waals surface area (Å²) < 4.78 is 27.3. The number of rotatable bonds is 8. The van der Waals surface area contributed by atoms with Crippen LogP contribution in [-0.4, -0.2) is 27.4 Å². The largest absolute Gasteiger partial charge is 0.355 e. The fourth-order valence-corrected chi connectivity index (χ4v) is 4.41. The van der Waals surface area contributed by atoms with Crippen molar-refractivity contribution in [2.24, 2.45) is 5.92 Å². The zero-order valence-corrected chi connectivity index (χ0v) is 17.5. The van der Waals surface area contributed by atoms with Crippen LogP contribution in [-0.2, 0) is 14.8 Å². The van der Waals surface area contributed by atoms with E-state index in [1.54, 1.807) is 18.2 Å². The highest BCUT2D eigenvalue weighted by Crippen LogP contribution is 2.32. The molecule has 2 aromatic rings. The zero-order valence-electron chi connectivity index (χ0n) is 15.2. The van der Waals surface area contributed by atoms with Crippen molar-refractivity contribution < 1.29 is 13.2 Å². The van der Waals surface area contributed by atoms with Crippen molar-refractivity contribution in [3.8, 4) is 0 Å². The van der Waals surface area contributed by atoms with Crippen LogP contribution in [0.1, 0.15) is 20.3 Å². The third-order valence-electron chi connectivity index (χ3n) is 3.84. The molecule has 0 fully saturated rings. The SMILES string of the molecule is CC(C)CCNC(=O)CN(c1ccc(Cl)cc1Cl)S(=O)(=O)c1ccccc1. The van der Waals surface area contributed by atoms with Gasteiger partial charge in [0.05, 0.1) is 15.6 Å². The first-order valence-corrected chi connectivity index (χ1v) is 10.7. The molecule has 0 heterocycles. The zero-order chi connectivity index (χ0) is 20.0. The van der Waals surface area contributed by atoms with Gasteiger partial charge in [0.1, 0.15) is 6.54 Å². The molecule has 0 radical (unpaired) electrons. The average molecular weight is 429 g/mol. The molecule has 0 unspecified atom stereocenters. The molecule has 0 saturated carbocycles. The number of nitrogens with one attached hydrogen (secondary N) is 1. The molecule has 0 aliphatic heterocycles. The summed E-state index contributed by atoms with van der Waals surface area (Å²) in [5.74, 6) is 0.0290. The van der Waals surface area contributed by atoms with Crippen molar-refractivity contribution in [1.82, 2.24) is 5.32 Å². The highest BCUT2D eigenvalue weighted by atomic mass is 35.5. The van der Waals surface area contributed by atoms with Gasteiger partial charge in [0.2, 0.25) is 5.91 Å². The second-order valence-electron chi connectivity index (χ2n) is 6.45. The van der Waals surface area contributed by atoms with Crippen LogP contribution in [0.15, 0.2) is 53.4 Å². The lowest BCUT2D eigenvalue weighted by molar-refractivity contribution is -0.119. The molecule has 1 N–H and O–H groups in total.